The lowest BCUT2D eigenvalue weighted by atomic mass is 10.0. The number of nitrogens with one attached hydrogen (secondary N) is 1. The van der Waals surface area contributed by atoms with Crippen molar-refractivity contribution in [3.05, 3.63) is 56.5 Å². The third-order valence-electron chi connectivity index (χ3n) is 3.12. The van der Waals surface area contributed by atoms with E-state index in [4.69, 9.17) is 11.6 Å². The molecule has 0 radical (unpaired) electrons. The van der Waals surface area contributed by atoms with Crippen molar-refractivity contribution >= 4 is 22.9 Å². The summed E-state index contributed by atoms with van der Waals surface area (Å²) in [5.74, 6) is -0.350. The summed E-state index contributed by atoms with van der Waals surface area (Å²) in [6.45, 7) is 5.04. The first-order valence-electron chi connectivity index (χ1n) is 6.33. The molecule has 0 bridgehead atoms. The molecule has 1 nitrogen and oxygen atoms in total. The molecule has 1 N–H and O–H groups in total. The molecule has 0 saturated carbocycles. The normalized spacial score (nSPS) is 12.6. The Morgan fingerprint density at radius 1 is 1.37 bits per heavy atom. The molecule has 0 aliphatic rings. The molecule has 1 aromatic carbocycles. The van der Waals surface area contributed by atoms with E-state index in [9.17, 15) is 4.39 Å². The zero-order valence-corrected chi connectivity index (χ0v) is 12.6. The molecule has 1 aromatic heterocycles. The molecule has 0 spiro atoms. The molecular weight excluding hydrogens is 281 g/mol. The number of thiophene rings is 1. The van der Waals surface area contributed by atoms with Gasteiger partial charge in [-0.2, -0.15) is 0 Å². The van der Waals surface area contributed by atoms with E-state index in [2.05, 4.69) is 30.6 Å². The molecule has 2 rings (SSSR count). The van der Waals surface area contributed by atoms with Crippen molar-refractivity contribution in [1.29, 1.82) is 0 Å². The lowest BCUT2D eigenvalue weighted by molar-refractivity contribution is 0.553. The molecule has 2 aromatic rings. The number of benzene rings is 1. The van der Waals surface area contributed by atoms with Crippen molar-refractivity contribution in [2.24, 2.45) is 0 Å². The van der Waals surface area contributed by atoms with Crippen LogP contribution < -0.4 is 5.32 Å². The van der Waals surface area contributed by atoms with E-state index < -0.39 is 0 Å². The fourth-order valence-corrected chi connectivity index (χ4v) is 3.38. The van der Waals surface area contributed by atoms with Gasteiger partial charge < -0.3 is 5.32 Å². The second-order valence-corrected chi connectivity index (χ2v) is 5.82. The van der Waals surface area contributed by atoms with Crippen LogP contribution in [0.15, 0.2) is 29.6 Å². The SMILES string of the molecule is CCNC(Cc1cccc(F)c1Cl)c1sccc1C. The highest BCUT2D eigenvalue weighted by Gasteiger charge is 2.17. The molecule has 4 heteroatoms. The maximum atomic E-state index is 13.5. The van der Waals surface area contributed by atoms with Crippen LogP contribution in [0.2, 0.25) is 5.02 Å². The summed E-state index contributed by atoms with van der Waals surface area (Å²) in [6, 6.07) is 7.28. The Balaban J connectivity index is 2.27. The topological polar surface area (TPSA) is 12.0 Å². The molecule has 0 aliphatic heterocycles. The number of aryl methyl sites for hydroxylation is 1. The number of likely N-dealkylation sites (N-methyl/N-ethyl adjacent to an activating group) is 1. The predicted molar refractivity (Wildman–Crippen MR) is 80.6 cm³/mol. The Bertz CT molecular complexity index is 553. The molecule has 0 amide bonds. The first-order valence-corrected chi connectivity index (χ1v) is 7.59. The summed E-state index contributed by atoms with van der Waals surface area (Å²) < 4.78 is 13.5. The quantitative estimate of drug-likeness (QED) is 0.840. The molecule has 0 fully saturated rings. The van der Waals surface area contributed by atoms with Crippen molar-refractivity contribution in [3.8, 4) is 0 Å². The molecule has 0 aliphatic carbocycles. The van der Waals surface area contributed by atoms with Gasteiger partial charge in [0.2, 0.25) is 0 Å². The average molecular weight is 298 g/mol. The van der Waals surface area contributed by atoms with E-state index >= 15 is 0 Å². The van der Waals surface area contributed by atoms with E-state index in [0.29, 0.717) is 6.42 Å². The Labute approximate surface area is 122 Å². The van der Waals surface area contributed by atoms with Crippen LogP contribution in [0.4, 0.5) is 4.39 Å². The minimum absolute atomic E-state index is 0.185. The summed E-state index contributed by atoms with van der Waals surface area (Å²) >= 11 is 7.77. The van der Waals surface area contributed by atoms with Crippen LogP contribution in [0.5, 0.6) is 0 Å². The highest BCUT2D eigenvalue weighted by Crippen LogP contribution is 2.29. The van der Waals surface area contributed by atoms with Gasteiger partial charge in [0.05, 0.1) is 5.02 Å². The van der Waals surface area contributed by atoms with E-state index in [1.807, 2.05) is 6.07 Å². The van der Waals surface area contributed by atoms with Crippen molar-refractivity contribution < 1.29 is 4.39 Å². The summed E-state index contributed by atoms with van der Waals surface area (Å²) in [5.41, 5.74) is 2.11. The van der Waals surface area contributed by atoms with Crippen LogP contribution in [0.3, 0.4) is 0 Å². The molecule has 1 atom stereocenters. The van der Waals surface area contributed by atoms with Gasteiger partial charge in [0.15, 0.2) is 0 Å². The van der Waals surface area contributed by atoms with Crippen LogP contribution in [0, 0.1) is 12.7 Å². The van der Waals surface area contributed by atoms with Crippen molar-refractivity contribution in [1.82, 2.24) is 5.32 Å². The minimum Gasteiger partial charge on any atom is -0.309 e. The lowest BCUT2D eigenvalue weighted by Gasteiger charge is -2.18. The smallest absolute Gasteiger partial charge is 0.142 e. The van der Waals surface area contributed by atoms with Crippen LogP contribution in [-0.2, 0) is 6.42 Å². The zero-order valence-electron chi connectivity index (χ0n) is 11.0. The Hall–Kier alpha value is -0.900. The van der Waals surface area contributed by atoms with Gasteiger partial charge in [0, 0.05) is 10.9 Å². The van der Waals surface area contributed by atoms with Gasteiger partial charge in [-0.3, -0.25) is 0 Å². The second kappa shape index (κ2) is 6.51. The molecule has 102 valence electrons. The maximum absolute atomic E-state index is 13.5. The number of halogens is 2. The molecule has 0 saturated heterocycles. The van der Waals surface area contributed by atoms with Crippen LogP contribution in [0.25, 0.3) is 0 Å². The van der Waals surface area contributed by atoms with Crippen LogP contribution >= 0.6 is 22.9 Å². The van der Waals surface area contributed by atoms with Gasteiger partial charge in [-0.25, -0.2) is 4.39 Å². The fraction of sp³-hybridized carbons (Fsp3) is 0.333. The Morgan fingerprint density at radius 2 is 2.16 bits per heavy atom. The Kier molecular flexibility index (Phi) is 4.97. The van der Waals surface area contributed by atoms with Gasteiger partial charge in [0.1, 0.15) is 5.82 Å². The summed E-state index contributed by atoms with van der Waals surface area (Å²) in [4.78, 5) is 1.29. The summed E-state index contributed by atoms with van der Waals surface area (Å²) in [5, 5.41) is 5.77. The minimum atomic E-state index is -0.350. The van der Waals surface area contributed by atoms with Crippen LogP contribution in [-0.4, -0.2) is 6.54 Å². The third-order valence-corrected chi connectivity index (χ3v) is 4.68. The first kappa shape index (κ1) is 14.5. The van der Waals surface area contributed by atoms with Gasteiger partial charge >= 0.3 is 0 Å². The lowest BCUT2D eigenvalue weighted by Crippen LogP contribution is -2.22. The second-order valence-electron chi connectivity index (χ2n) is 4.50. The van der Waals surface area contributed by atoms with E-state index in [-0.39, 0.29) is 16.9 Å². The van der Waals surface area contributed by atoms with Crippen molar-refractivity contribution in [2.45, 2.75) is 26.3 Å². The predicted octanol–water partition coefficient (Wildman–Crippen LogP) is 4.74. The molecular formula is C15H17ClFNS. The zero-order chi connectivity index (χ0) is 13.8. The van der Waals surface area contributed by atoms with Gasteiger partial charge in [-0.1, -0.05) is 30.7 Å². The van der Waals surface area contributed by atoms with E-state index in [1.165, 1.54) is 16.5 Å². The molecule has 1 heterocycles. The third kappa shape index (κ3) is 3.35. The van der Waals surface area contributed by atoms with Crippen molar-refractivity contribution in [2.75, 3.05) is 6.54 Å². The number of rotatable bonds is 5. The number of hydrogen-bond acceptors (Lipinski definition) is 2. The van der Waals surface area contributed by atoms with E-state index in [0.717, 1.165) is 12.1 Å². The van der Waals surface area contributed by atoms with E-state index in [1.54, 1.807) is 17.4 Å². The summed E-state index contributed by atoms with van der Waals surface area (Å²) in [6.07, 6.45) is 0.700. The van der Waals surface area contributed by atoms with Crippen molar-refractivity contribution in [3.63, 3.8) is 0 Å². The monoisotopic (exact) mass is 297 g/mol. The first-order chi connectivity index (χ1) is 9.13. The average Bonchev–Trinajstić information content (AvgIpc) is 2.80. The standard InChI is InChI=1S/C15H17ClFNS/c1-3-18-13(15-10(2)7-8-19-15)9-11-5-4-6-12(17)14(11)16/h4-8,13,18H,3,9H2,1-2H3. The molecule has 1 unspecified atom stereocenters. The largest absolute Gasteiger partial charge is 0.309 e. The van der Waals surface area contributed by atoms with Crippen LogP contribution in [0.1, 0.15) is 29.0 Å². The fourth-order valence-electron chi connectivity index (χ4n) is 2.17. The van der Waals surface area contributed by atoms with Gasteiger partial charge in [-0.05, 0) is 48.5 Å². The molecule has 19 heavy (non-hydrogen) atoms. The summed E-state index contributed by atoms with van der Waals surface area (Å²) in [7, 11) is 0. The highest BCUT2D eigenvalue weighted by atomic mass is 35.5. The number of hydrogen-bond donors (Lipinski definition) is 1. The van der Waals surface area contributed by atoms with Gasteiger partial charge in [0.25, 0.3) is 0 Å². The maximum Gasteiger partial charge on any atom is 0.142 e. The van der Waals surface area contributed by atoms with Gasteiger partial charge in [-0.15, -0.1) is 11.3 Å². The highest BCUT2D eigenvalue weighted by molar-refractivity contribution is 7.10. The Morgan fingerprint density at radius 3 is 2.79 bits per heavy atom.